The van der Waals surface area contributed by atoms with E-state index in [1.165, 1.54) is 0 Å². The zero-order chi connectivity index (χ0) is 10.6. The normalized spacial score (nSPS) is 7.58. The van der Waals surface area contributed by atoms with E-state index >= 15 is 0 Å². The standard InChI is InChI=1S/C3H9N.C2H7NO.C2H4O2/c1-4(2)3;3-1-2-4;1-2(3)4/h1-3H3;4H,1-3H2;1H3,(H,3,4). The number of aliphatic hydroxyl groups excluding tert-OH is 1. The average Bonchev–Trinajstić information content (AvgIpc) is 1.85. The Balaban J connectivity index is -0.000000101. The second-order valence-electron chi connectivity index (χ2n) is 2.37. The molecule has 5 heteroatoms. The van der Waals surface area contributed by atoms with Crippen LogP contribution in [0.1, 0.15) is 6.92 Å². The molecule has 4 N–H and O–H groups in total. The monoisotopic (exact) mass is 180 g/mol. The summed E-state index contributed by atoms with van der Waals surface area (Å²) in [5, 5.41) is 15.2. The fraction of sp³-hybridized carbons (Fsp3) is 0.857. The van der Waals surface area contributed by atoms with Gasteiger partial charge in [0.2, 0.25) is 0 Å². The summed E-state index contributed by atoms with van der Waals surface area (Å²) in [6.07, 6.45) is 0. The third-order valence-electron chi connectivity index (χ3n) is 0.129. The van der Waals surface area contributed by atoms with Gasteiger partial charge in [-0.2, -0.15) is 0 Å². The first-order valence-electron chi connectivity index (χ1n) is 3.49. The first-order valence-corrected chi connectivity index (χ1v) is 3.49. The van der Waals surface area contributed by atoms with Crippen molar-refractivity contribution >= 4 is 5.97 Å². The number of nitrogens with two attached hydrogens (primary N) is 1. The molecular formula is C7H20N2O3. The van der Waals surface area contributed by atoms with Crippen molar-refractivity contribution in [2.75, 3.05) is 34.3 Å². The molecule has 76 valence electrons. The Morgan fingerprint density at radius 2 is 1.50 bits per heavy atom. The van der Waals surface area contributed by atoms with Crippen LogP contribution in [0.4, 0.5) is 0 Å². The van der Waals surface area contributed by atoms with Crippen LogP contribution in [0.25, 0.3) is 0 Å². The minimum atomic E-state index is -0.833. The lowest BCUT2D eigenvalue weighted by molar-refractivity contribution is -0.134. The van der Waals surface area contributed by atoms with Crippen molar-refractivity contribution in [2.45, 2.75) is 6.92 Å². The summed E-state index contributed by atoms with van der Waals surface area (Å²) < 4.78 is 0. The molecule has 5 nitrogen and oxygen atoms in total. The van der Waals surface area contributed by atoms with Gasteiger partial charge in [0.15, 0.2) is 0 Å². The van der Waals surface area contributed by atoms with Gasteiger partial charge >= 0.3 is 0 Å². The van der Waals surface area contributed by atoms with E-state index in [1.807, 2.05) is 26.0 Å². The topological polar surface area (TPSA) is 86.8 Å². The van der Waals surface area contributed by atoms with Crippen LogP contribution < -0.4 is 5.73 Å². The third-order valence-corrected chi connectivity index (χ3v) is 0.129. The van der Waals surface area contributed by atoms with E-state index in [2.05, 4.69) is 0 Å². The minimum absolute atomic E-state index is 0.0972. The highest BCUT2D eigenvalue weighted by Gasteiger charge is 1.65. The molecule has 0 spiro atoms. The fourth-order valence-corrected chi connectivity index (χ4v) is 0. The van der Waals surface area contributed by atoms with Crippen molar-refractivity contribution in [1.29, 1.82) is 0 Å². The second kappa shape index (κ2) is 16.7. The quantitative estimate of drug-likeness (QED) is 0.492. The summed E-state index contributed by atoms with van der Waals surface area (Å²) in [6.45, 7) is 1.56. The van der Waals surface area contributed by atoms with E-state index in [0.29, 0.717) is 6.54 Å². The molecule has 0 aliphatic rings. The van der Waals surface area contributed by atoms with Crippen LogP contribution in [0.5, 0.6) is 0 Å². The van der Waals surface area contributed by atoms with Crippen LogP contribution in [0, 0.1) is 0 Å². The second-order valence-corrected chi connectivity index (χ2v) is 2.37. The predicted molar refractivity (Wildman–Crippen MR) is 49.1 cm³/mol. The molecular weight excluding hydrogens is 160 g/mol. The minimum Gasteiger partial charge on any atom is -0.481 e. The molecule has 0 unspecified atom stereocenters. The van der Waals surface area contributed by atoms with Crippen molar-refractivity contribution in [3.05, 3.63) is 0 Å². The number of carbonyl (C=O) groups is 1. The van der Waals surface area contributed by atoms with Gasteiger partial charge in [-0.15, -0.1) is 0 Å². The van der Waals surface area contributed by atoms with Gasteiger partial charge in [-0.25, -0.2) is 0 Å². The van der Waals surface area contributed by atoms with Gasteiger partial charge in [0.05, 0.1) is 6.61 Å². The van der Waals surface area contributed by atoms with Crippen molar-refractivity contribution in [3.63, 3.8) is 0 Å². The highest BCUT2D eigenvalue weighted by molar-refractivity contribution is 5.62. The maximum absolute atomic E-state index is 9.00. The molecule has 0 aromatic carbocycles. The van der Waals surface area contributed by atoms with Crippen LogP contribution in [-0.2, 0) is 4.79 Å². The van der Waals surface area contributed by atoms with E-state index < -0.39 is 5.97 Å². The number of carboxylic acid groups (broad SMARTS) is 1. The Bertz CT molecular complexity index is 78.0. The Hall–Kier alpha value is -0.650. The number of hydrogen-bond donors (Lipinski definition) is 3. The number of nitrogens with zero attached hydrogens (tertiary/aromatic N) is 1. The predicted octanol–water partition coefficient (Wildman–Crippen LogP) is -0.794. The van der Waals surface area contributed by atoms with Gasteiger partial charge in [-0.3, -0.25) is 4.79 Å². The molecule has 0 saturated carbocycles. The molecule has 0 aromatic heterocycles. The zero-order valence-electron chi connectivity index (χ0n) is 8.24. The maximum atomic E-state index is 9.00. The molecule has 0 radical (unpaired) electrons. The Kier molecular flexibility index (Phi) is 24.3. The third kappa shape index (κ3) is 5320. The summed E-state index contributed by atoms with van der Waals surface area (Å²) in [7, 11) is 6.00. The molecule has 0 aromatic rings. The fourth-order valence-electron chi connectivity index (χ4n) is 0. The molecule has 0 fully saturated rings. The molecule has 0 saturated heterocycles. The first kappa shape index (κ1) is 17.4. The van der Waals surface area contributed by atoms with Crippen molar-refractivity contribution in [1.82, 2.24) is 4.90 Å². The van der Waals surface area contributed by atoms with Crippen molar-refractivity contribution in [2.24, 2.45) is 5.73 Å². The number of aliphatic carboxylic acids is 1. The molecule has 0 rings (SSSR count). The summed E-state index contributed by atoms with van der Waals surface area (Å²) in [5.41, 5.74) is 4.78. The Morgan fingerprint density at radius 1 is 1.42 bits per heavy atom. The number of rotatable bonds is 1. The van der Waals surface area contributed by atoms with Gasteiger partial charge in [0.25, 0.3) is 5.97 Å². The lowest BCUT2D eigenvalue weighted by Crippen LogP contribution is -2.02. The van der Waals surface area contributed by atoms with E-state index in [0.717, 1.165) is 6.92 Å². The number of aliphatic hydroxyl groups is 1. The lowest BCUT2D eigenvalue weighted by atomic mass is 10.8. The Labute approximate surface area is 73.8 Å². The van der Waals surface area contributed by atoms with Crippen LogP contribution in [0.3, 0.4) is 0 Å². The Morgan fingerprint density at radius 3 is 1.50 bits per heavy atom. The summed E-state index contributed by atoms with van der Waals surface area (Å²) in [6, 6.07) is 0. The summed E-state index contributed by atoms with van der Waals surface area (Å²) in [5.74, 6) is -0.833. The highest BCUT2D eigenvalue weighted by atomic mass is 16.4. The van der Waals surface area contributed by atoms with Crippen LogP contribution in [0.15, 0.2) is 0 Å². The average molecular weight is 180 g/mol. The highest BCUT2D eigenvalue weighted by Crippen LogP contribution is 1.47. The van der Waals surface area contributed by atoms with Gasteiger partial charge in [-0.05, 0) is 21.1 Å². The maximum Gasteiger partial charge on any atom is 0.300 e. The SMILES string of the molecule is CC(=O)O.CN(C)C.NCCO. The van der Waals surface area contributed by atoms with E-state index in [-0.39, 0.29) is 6.61 Å². The number of carboxylic acids is 1. The smallest absolute Gasteiger partial charge is 0.300 e. The van der Waals surface area contributed by atoms with E-state index in [4.69, 9.17) is 20.7 Å². The van der Waals surface area contributed by atoms with Crippen LogP contribution >= 0.6 is 0 Å². The van der Waals surface area contributed by atoms with Crippen LogP contribution in [-0.4, -0.2) is 55.4 Å². The molecule has 12 heavy (non-hydrogen) atoms. The molecule has 0 amide bonds. The first-order chi connectivity index (χ1) is 5.38. The summed E-state index contributed by atoms with van der Waals surface area (Å²) in [4.78, 5) is 11.0. The van der Waals surface area contributed by atoms with E-state index in [1.54, 1.807) is 0 Å². The van der Waals surface area contributed by atoms with Gasteiger partial charge in [0, 0.05) is 13.5 Å². The lowest BCUT2D eigenvalue weighted by Gasteiger charge is -1.90. The largest absolute Gasteiger partial charge is 0.481 e. The zero-order valence-corrected chi connectivity index (χ0v) is 8.24. The molecule has 0 aliphatic heterocycles. The molecule has 0 aliphatic carbocycles. The van der Waals surface area contributed by atoms with Gasteiger partial charge in [0.1, 0.15) is 0 Å². The molecule has 0 bridgehead atoms. The molecule has 0 atom stereocenters. The van der Waals surface area contributed by atoms with Crippen molar-refractivity contribution < 1.29 is 15.0 Å². The summed E-state index contributed by atoms with van der Waals surface area (Å²) >= 11 is 0. The van der Waals surface area contributed by atoms with Gasteiger partial charge in [-0.1, -0.05) is 0 Å². The molecule has 0 heterocycles. The van der Waals surface area contributed by atoms with Gasteiger partial charge < -0.3 is 20.8 Å². The van der Waals surface area contributed by atoms with Crippen molar-refractivity contribution in [3.8, 4) is 0 Å². The number of hydrogen-bond acceptors (Lipinski definition) is 4. The van der Waals surface area contributed by atoms with E-state index in [9.17, 15) is 0 Å². The van der Waals surface area contributed by atoms with Crippen LogP contribution in [0.2, 0.25) is 0 Å².